The molecule has 1 amide bonds. The molecule has 1 atom stereocenters. The van der Waals surface area contributed by atoms with Gasteiger partial charge in [0.1, 0.15) is 5.82 Å². The minimum atomic E-state index is -0.954. The molecule has 0 bridgehead atoms. The molecule has 1 unspecified atom stereocenters. The van der Waals surface area contributed by atoms with E-state index in [1.807, 2.05) is 34.9 Å². The van der Waals surface area contributed by atoms with E-state index in [0.717, 1.165) is 29.8 Å². The first-order valence-corrected chi connectivity index (χ1v) is 11.3. The van der Waals surface area contributed by atoms with Gasteiger partial charge >= 0.3 is 5.97 Å². The standard InChI is InChI=1S/C24H28N4O3S/c1-2-6-21-26-27-22(28(21)15-18-9-11-19(12-10-18)24(30)31)14-25-23(29)20(16-32)13-17-7-4-3-5-8-17/h3-5,7-12,20,32H,2,6,13-16H2,1H3,(H,25,29)(H,30,31). The number of benzene rings is 2. The largest absolute Gasteiger partial charge is 0.478 e. The summed E-state index contributed by atoms with van der Waals surface area (Å²) in [6.45, 7) is 2.85. The van der Waals surface area contributed by atoms with E-state index >= 15 is 0 Å². The van der Waals surface area contributed by atoms with Crippen molar-refractivity contribution in [3.8, 4) is 0 Å². The van der Waals surface area contributed by atoms with Gasteiger partial charge in [0.25, 0.3) is 0 Å². The van der Waals surface area contributed by atoms with Crippen LogP contribution in [0.15, 0.2) is 54.6 Å². The zero-order valence-electron chi connectivity index (χ0n) is 18.1. The number of aryl methyl sites for hydroxylation is 1. The van der Waals surface area contributed by atoms with Crippen molar-refractivity contribution >= 4 is 24.5 Å². The third-order valence-corrected chi connectivity index (χ3v) is 5.70. The molecule has 0 aliphatic rings. The van der Waals surface area contributed by atoms with Crippen molar-refractivity contribution in [3.05, 3.63) is 82.9 Å². The summed E-state index contributed by atoms with van der Waals surface area (Å²) >= 11 is 4.37. The zero-order chi connectivity index (χ0) is 22.9. The maximum Gasteiger partial charge on any atom is 0.335 e. The monoisotopic (exact) mass is 452 g/mol. The Morgan fingerprint density at radius 1 is 1.03 bits per heavy atom. The maximum atomic E-state index is 12.8. The fraction of sp³-hybridized carbons (Fsp3) is 0.333. The van der Waals surface area contributed by atoms with Crippen LogP contribution in [0.1, 0.15) is 46.5 Å². The Hall–Kier alpha value is -3.13. The number of carbonyl (C=O) groups is 2. The topological polar surface area (TPSA) is 97.1 Å². The summed E-state index contributed by atoms with van der Waals surface area (Å²) in [4.78, 5) is 23.9. The minimum absolute atomic E-state index is 0.0683. The van der Waals surface area contributed by atoms with E-state index in [1.54, 1.807) is 24.3 Å². The second-order valence-electron chi connectivity index (χ2n) is 7.66. The number of thiol groups is 1. The lowest BCUT2D eigenvalue weighted by Crippen LogP contribution is -2.33. The van der Waals surface area contributed by atoms with E-state index in [2.05, 4.69) is 35.1 Å². The lowest BCUT2D eigenvalue weighted by atomic mass is 10.0. The van der Waals surface area contributed by atoms with Crippen LogP contribution in [0.2, 0.25) is 0 Å². The van der Waals surface area contributed by atoms with Gasteiger partial charge in [-0.2, -0.15) is 12.6 Å². The predicted octanol–water partition coefficient (Wildman–Crippen LogP) is 3.38. The molecule has 0 fully saturated rings. The molecule has 0 radical (unpaired) electrons. The number of hydrogen-bond donors (Lipinski definition) is 3. The Morgan fingerprint density at radius 3 is 2.34 bits per heavy atom. The number of carboxylic acid groups (broad SMARTS) is 1. The molecular weight excluding hydrogens is 424 g/mol. The lowest BCUT2D eigenvalue weighted by Gasteiger charge is -2.15. The molecule has 8 heteroatoms. The third kappa shape index (κ3) is 6.20. The summed E-state index contributed by atoms with van der Waals surface area (Å²) in [5.41, 5.74) is 2.28. The Balaban J connectivity index is 1.70. The van der Waals surface area contributed by atoms with E-state index in [0.29, 0.717) is 24.5 Å². The lowest BCUT2D eigenvalue weighted by molar-refractivity contribution is -0.124. The highest BCUT2D eigenvalue weighted by molar-refractivity contribution is 7.80. The first kappa shape index (κ1) is 23.5. The first-order valence-electron chi connectivity index (χ1n) is 10.7. The molecule has 32 heavy (non-hydrogen) atoms. The Kier molecular flexibility index (Phi) is 8.44. The average molecular weight is 453 g/mol. The van der Waals surface area contributed by atoms with Crippen LogP contribution in [-0.2, 0) is 30.7 Å². The molecule has 0 spiro atoms. The molecule has 7 nitrogen and oxygen atoms in total. The van der Waals surface area contributed by atoms with Crippen molar-refractivity contribution in [2.75, 3.05) is 5.75 Å². The third-order valence-electron chi connectivity index (χ3n) is 5.26. The number of aromatic nitrogens is 3. The van der Waals surface area contributed by atoms with Crippen LogP contribution in [0, 0.1) is 5.92 Å². The molecule has 3 aromatic rings. The van der Waals surface area contributed by atoms with E-state index in [1.165, 1.54) is 0 Å². The van der Waals surface area contributed by atoms with Gasteiger partial charge in [-0.05, 0) is 36.1 Å². The van der Waals surface area contributed by atoms with Gasteiger partial charge in [-0.1, -0.05) is 49.4 Å². The quantitative estimate of drug-likeness (QED) is 0.388. The molecule has 1 aromatic heterocycles. The van der Waals surface area contributed by atoms with Crippen LogP contribution in [0.5, 0.6) is 0 Å². The number of carboxylic acids is 1. The number of nitrogens with zero attached hydrogens (tertiary/aromatic N) is 3. The molecule has 3 rings (SSSR count). The SMILES string of the molecule is CCCc1nnc(CNC(=O)C(CS)Cc2ccccc2)n1Cc1ccc(C(=O)O)cc1. The van der Waals surface area contributed by atoms with E-state index < -0.39 is 5.97 Å². The maximum absolute atomic E-state index is 12.8. The highest BCUT2D eigenvalue weighted by Crippen LogP contribution is 2.14. The number of hydrogen-bond acceptors (Lipinski definition) is 5. The number of carbonyl (C=O) groups excluding carboxylic acids is 1. The van der Waals surface area contributed by atoms with Gasteiger partial charge in [0.2, 0.25) is 5.91 Å². The highest BCUT2D eigenvalue weighted by Gasteiger charge is 2.19. The van der Waals surface area contributed by atoms with Gasteiger partial charge in [0.05, 0.1) is 24.6 Å². The molecule has 0 aliphatic carbocycles. The Morgan fingerprint density at radius 2 is 1.72 bits per heavy atom. The van der Waals surface area contributed by atoms with Crippen LogP contribution in [0.25, 0.3) is 0 Å². The summed E-state index contributed by atoms with van der Waals surface area (Å²) in [6, 6.07) is 16.6. The van der Waals surface area contributed by atoms with Gasteiger partial charge in [0.15, 0.2) is 5.82 Å². The first-order chi connectivity index (χ1) is 15.5. The minimum Gasteiger partial charge on any atom is -0.478 e. The summed E-state index contributed by atoms with van der Waals surface area (Å²) in [5.74, 6) is 0.697. The number of aromatic carboxylic acids is 1. The molecule has 0 saturated carbocycles. The van der Waals surface area contributed by atoms with Crippen molar-refractivity contribution in [2.24, 2.45) is 5.92 Å². The van der Waals surface area contributed by atoms with Crippen LogP contribution in [0.4, 0.5) is 0 Å². The van der Waals surface area contributed by atoms with Crippen molar-refractivity contribution < 1.29 is 14.7 Å². The predicted molar refractivity (Wildman–Crippen MR) is 126 cm³/mol. The van der Waals surface area contributed by atoms with Crippen molar-refractivity contribution in [1.82, 2.24) is 20.1 Å². The fourth-order valence-electron chi connectivity index (χ4n) is 3.48. The van der Waals surface area contributed by atoms with Gasteiger partial charge < -0.3 is 15.0 Å². The summed E-state index contributed by atoms with van der Waals surface area (Å²) < 4.78 is 1.99. The van der Waals surface area contributed by atoms with Crippen molar-refractivity contribution in [3.63, 3.8) is 0 Å². The Bertz CT molecular complexity index is 1040. The van der Waals surface area contributed by atoms with Crippen molar-refractivity contribution in [1.29, 1.82) is 0 Å². The molecule has 0 saturated heterocycles. The van der Waals surface area contributed by atoms with Gasteiger partial charge in [-0.15, -0.1) is 10.2 Å². The van der Waals surface area contributed by atoms with Crippen LogP contribution in [-0.4, -0.2) is 37.5 Å². The fourth-order valence-corrected chi connectivity index (χ4v) is 3.77. The van der Waals surface area contributed by atoms with Crippen molar-refractivity contribution in [2.45, 2.75) is 39.3 Å². The van der Waals surface area contributed by atoms with Crippen LogP contribution >= 0.6 is 12.6 Å². The van der Waals surface area contributed by atoms with Gasteiger partial charge in [0, 0.05) is 12.2 Å². The summed E-state index contributed by atoms with van der Waals surface area (Å²) in [7, 11) is 0. The molecule has 0 aliphatic heterocycles. The number of amides is 1. The molecule has 168 valence electrons. The normalized spacial score (nSPS) is 11.8. The van der Waals surface area contributed by atoms with E-state index in [-0.39, 0.29) is 23.9 Å². The van der Waals surface area contributed by atoms with Crippen LogP contribution < -0.4 is 5.32 Å². The van der Waals surface area contributed by atoms with Gasteiger partial charge in [-0.25, -0.2) is 4.79 Å². The van der Waals surface area contributed by atoms with Crippen LogP contribution in [0.3, 0.4) is 0 Å². The zero-order valence-corrected chi connectivity index (χ0v) is 19.0. The van der Waals surface area contributed by atoms with E-state index in [4.69, 9.17) is 5.11 Å². The second kappa shape index (κ2) is 11.5. The molecule has 1 heterocycles. The molecule has 2 N–H and O–H groups in total. The average Bonchev–Trinajstić information content (AvgIpc) is 3.18. The number of rotatable bonds is 11. The van der Waals surface area contributed by atoms with Gasteiger partial charge in [-0.3, -0.25) is 4.79 Å². The second-order valence-corrected chi connectivity index (χ2v) is 8.02. The molecular formula is C24H28N4O3S. The highest BCUT2D eigenvalue weighted by atomic mass is 32.1. The Labute approximate surface area is 193 Å². The smallest absolute Gasteiger partial charge is 0.335 e. The summed E-state index contributed by atoms with van der Waals surface area (Å²) in [5, 5.41) is 20.7. The summed E-state index contributed by atoms with van der Waals surface area (Å²) in [6.07, 6.45) is 2.31. The molecule has 2 aromatic carbocycles. The number of nitrogens with one attached hydrogen (secondary N) is 1. The van der Waals surface area contributed by atoms with E-state index in [9.17, 15) is 9.59 Å².